The van der Waals surface area contributed by atoms with E-state index in [0.717, 1.165) is 12.8 Å². The molecule has 1 saturated carbocycles. The van der Waals surface area contributed by atoms with Gasteiger partial charge in [0, 0.05) is 18.5 Å². The van der Waals surface area contributed by atoms with Crippen LogP contribution in [-0.2, 0) is 0 Å². The second-order valence-electron chi connectivity index (χ2n) is 5.02. The molecule has 0 aliphatic heterocycles. The van der Waals surface area contributed by atoms with Crippen molar-refractivity contribution >= 4 is 21.7 Å². The highest BCUT2D eigenvalue weighted by Gasteiger charge is 2.28. The van der Waals surface area contributed by atoms with E-state index in [-0.39, 0.29) is 15.7 Å². The first kappa shape index (κ1) is 14.4. The molecule has 1 aliphatic carbocycles. The molecule has 110 valence electrons. The zero-order chi connectivity index (χ0) is 15.0. The first-order valence-corrected chi connectivity index (χ1v) is 7.66. The molecule has 0 spiro atoms. The van der Waals surface area contributed by atoms with Crippen molar-refractivity contribution in [1.29, 1.82) is 0 Å². The van der Waals surface area contributed by atoms with Gasteiger partial charge in [0.25, 0.3) is 0 Å². The second-order valence-corrected chi connectivity index (χ2v) is 5.87. The number of rotatable bonds is 4. The number of halogens is 3. The molecule has 0 bridgehead atoms. The van der Waals surface area contributed by atoms with Crippen LogP contribution in [0.1, 0.15) is 31.5 Å². The summed E-state index contributed by atoms with van der Waals surface area (Å²) in [6.07, 6.45) is 2.05. The van der Waals surface area contributed by atoms with E-state index in [4.69, 9.17) is 0 Å². The number of anilines is 1. The van der Waals surface area contributed by atoms with Crippen LogP contribution in [-0.4, -0.2) is 16.5 Å². The average Bonchev–Trinajstić information content (AvgIpc) is 3.28. The molecule has 0 unspecified atom stereocenters. The van der Waals surface area contributed by atoms with Crippen molar-refractivity contribution in [2.75, 3.05) is 11.9 Å². The van der Waals surface area contributed by atoms with Crippen LogP contribution in [0.4, 0.5) is 14.6 Å². The van der Waals surface area contributed by atoms with Gasteiger partial charge in [0.2, 0.25) is 0 Å². The van der Waals surface area contributed by atoms with Gasteiger partial charge in [-0.2, -0.15) is 0 Å². The van der Waals surface area contributed by atoms with Crippen LogP contribution in [0, 0.1) is 11.6 Å². The van der Waals surface area contributed by atoms with Gasteiger partial charge >= 0.3 is 0 Å². The molecule has 1 aromatic carbocycles. The Morgan fingerprint density at radius 2 is 2.05 bits per heavy atom. The maximum atomic E-state index is 14.2. The molecular weight excluding hydrogens is 340 g/mol. The highest BCUT2D eigenvalue weighted by molar-refractivity contribution is 9.10. The Labute approximate surface area is 129 Å². The van der Waals surface area contributed by atoms with Crippen molar-refractivity contribution < 1.29 is 8.78 Å². The van der Waals surface area contributed by atoms with Crippen molar-refractivity contribution in [3.05, 3.63) is 40.1 Å². The number of nitrogens with zero attached hydrogens (tertiary/aromatic N) is 2. The molecule has 0 radical (unpaired) electrons. The second kappa shape index (κ2) is 5.67. The maximum Gasteiger partial charge on any atom is 0.149 e. The van der Waals surface area contributed by atoms with Crippen LogP contribution in [0.5, 0.6) is 0 Å². The molecule has 21 heavy (non-hydrogen) atoms. The van der Waals surface area contributed by atoms with E-state index in [0.29, 0.717) is 24.1 Å². The van der Waals surface area contributed by atoms with Crippen LogP contribution in [0.25, 0.3) is 11.3 Å². The van der Waals surface area contributed by atoms with E-state index < -0.39 is 11.6 Å². The summed E-state index contributed by atoms with van der Waals surface area (Å²) in [4.78, 5) is 8.77. The van der Waals surface area contributed by atoms with E-state index in [1.54, 1.807) is 6.07 Å². The lowest BCUT2D eigenvalue weighted by Crippen LogP contribution is -2.05. The number of aromatic nitrogens is 2. The molecule has 1 fully saturated rings. The molecule has 0 saturated heterocycles. The van der Waals surface area contributed by atoms with Gasteiger partial charge in [0.05, 0.1) is 15.7 Å². The monoisotopic (exact) mass is 353 g/mol. The largest absolute Gasteiger partial charge is 0.370 e. The Balaban J connectivity index is 2.15. The summed E-state index contributed by atoms with van der Waals surface area (Å²) in [5.74, 6) is 0.294. The van der Waals surface area contributed by atoms with E-state index in [1.165, 1.54) is 12.1 Å². The Bertz CT molecular complexity index is 687. The van der Waals surface area contributed by atoms with Crippen LogP contribution < -0.4 is 5.32 Å². The molecule has 6 heteroatoms. The van der Waals surface area contributed by atoms with Crippen LogP contribution in [0.2, 0.25) is 0 Å². The quantitative estimate of drug-likeness (QED) is 0.822. The summed E-state index contributed by atoms with van der Waals surface area (Å²) in [6.45, 7) is 2.63. The number of hydrogen-bond donors (Lipinski definition) is 1. The minimum atomic E-state index is -0.641. The van der Waals surface area contributed by atoms with Crippen molar-refractivity contribution in [2.24, 2.45) is 0 Å². The van der Waals surface area contributed by atoms with Gasteiger partial charge in [-0.05, 0) is 47.8 Å². The maximum absolute atomic E-state index is 14.2. The van der Waals surface area contributed by atoms with E-state index in [9.17, 15) is 8.78 Å². The zero-order valence-electron chi connectivity index (χ0n) is 11.5. The van der Waals surface area contributed by atoms with E-state index in [2.05, 4.69) is 31.2 Å². The van der Waals surface area contributed by atoms with Crippen molar-refractivity contribution in [3.8, 4) is 11.3 Å². The molecule has 1 aromatic heterocycles. The zero-order valence-corrected chi connectivity index (χ0v) is 13.0. The van der Waals surface area contributed by atoms with Crippen molar-refractivity contribution in [1.82, 2.24) is 9.97 Å². The van der Waals surface area contributed by atoms with Gasteiger partial charge in [0.1, 0.15) is 23.3 Å². The molecular formula is C15H14BrF2N3. The Hall–Kier alpha value is -1.56. The number of nitrogens with one attached hydrogen (secondary N) is 1. The summed E-state index contributed by atoms with van der Waals surface area (Å²) < 4.78 is 28.5. The van der Waals surface area contributed by atoms with Gasteiger partial charge in [-0.1, -0.05) is 0 Å². The number of hydrogen-bond acceptors (Lipinski definition) is 3. The highest BCUT2D eigenvalue weighted by atomic mass is 79.9. The lowest BCUT2D eigenvalue weighted by atomic mass is 10.1. The molecule has 1 heterocycles. The summed E-state index contributed by atoms with van der Waals surface area (Å²) in [5, 5.41) is 3.09. The predicted octanol–water partition coefficient (Wildman–Crippen LogP) is 4.49. The minimum Gasteiger partial charge on any atom is -0.370 e. The van der Waals surface area contributed by atoms with Gasteiger partial charge in [0.15, 0.2) is 0 Å². The predicted molar refractivity (Wildman–Crippen MR) is 81.2 cm³/mol. The third-order valence-electron chi connectivity index (χ3n) is 3.34. The van der Waals surface area contributed by atoms with Crippen molar-refractivity contribution in [2.45, 2.75) is 25.7 Å². The Morgan fingerprint density at radius 1 is 1.29 bits per heavy atom. The fourth-order valence-electron chi connectivity index (χ4n) is 2.15. The van der Waals surface area contributed by atoms with Crippen LogP contribution in [0.15, 0.2) is 22.7 Å². The van der Waals surface area contributed by atoms with Gasteiger partial charge < -0.3 is 5.32 Å². The average molecular weight is 354 g/mol. The third kappa shape index (κ3) is 2.90. The van der Waals surface area contributed by atoms with E-state index in [1.807, 2.05) is 6.92 Å². The van der Waals surface area contributed by atoms with Gasteiger partial charge in [-0.25, -0.2) is 18.7 Å². The van der Waals surface area contributed by atoms with Gasteiger partial charge in [-0.15, -0.1) is 0 Å². The molecule has 2 aromatic rings. The minimum absolute atomic E-state index is 0.118. The molecule has 1 aliphatic rings. The number of benzene rings is 1. The lowest BCUT2D eigenvalue weighted by molar-refractivity contribution is 0.584. The first-order valence-electron chi connectivity index (χ1n) is 6.87. The summed E-state index contributed by atoms with van der Waals surface area (Å²) in [5.41, 5.74) is 0.159. The normalized spacial score (nSPS) is 14.3. The van der Waals surface area contributed by atoms with E-state index >= 15 is 0 Å². The standard InChI is InChI=1S/C15H14BrF2N3/c1-2-19-12-7-11(20-15(21-12)8-3-4-8)13-10(17)6-5-9(16)14(13)18/h5-8H,2-4H2,1H3,(H,19,20,21). The van der Waals surface area contributed by atoms with Crippen molar-refractivity contribution in [3.63, 3.8) is 0 Å². The third-order valence-corrected chi connectivity index (χ3v) is 3.96. The molecule has 3 rings (SSSR count). The summed E-state index contributed by atoms with van der Waals surface area (Å²) in [7, 11) is 0. The smallest absolute Gasteiger partial charge is 0.149 e. The molecule has 0 atom stereocenters. The summed E-state index contributed by atoms with van der Waals surface area (Å²) >= 11 is 3.09. The topological polar surface area (TPSA) is 37.8 Å². The molecule has 1 N–H and O–H groups in total. The first-order chi connectivity index (χ1) is 10.1. The lowest BCUT2D eigenvalue weighted by Gasteiger charge is -2.10. The fourth-order valence-corrected chi connectivity index (χ4v) is 2.48. The van der Waals surface area contributed by atoms with Crippen LogP contribution >= 0.6 is 15.9 Å². The highest BCUT2D eigenvalue weighted by Crippen LogP contribution is 2.40. The SMILES string of the molecule is CCNc1cc(-c2c(F)ccc(Br)c2F)nc(C2CC2)n1. The van der Waals surface area contributed by atoms with Gasteiger partial charge in [-0.3, -0.25) is 0 Å². The summed E-state index contributed by atoms with van der Waals surface area (Å²) in [6, 6.07) is 4.17. The Kier molecular flexibility index (Phi) is 3.89. The molecule has 0 amide bonds. The molecule has 3 nitrogen and oxygen atoms in total. The van der Waals surface area contributed by atoms with Crippen LogP contribution in [0.3, 0.4) is 0 Å². The Morgan fingerprint density at radius 3 is 2.71 bits per heavy atom. The fraction of sp³-hybridized carbons (Fsp3) is 0.333.